The van der Waals surface area contributed by atoms with Gasteiger partial charge in [0.2, 0.25) is 6.41 Å². The van der Waals surface area contributed by atoms with E-state index in [-0.39, 0.29) is 0 Å². The molecule has 2 aromatic rings. The van der Waals surface area contributed by atoms with E-state index < -0.39 is 0 Å². The molecule has 0 spiro atoms. The van der Waals surface area contributed by atoms with Gasteiger partial charge in [-0.3, -0.25) is 9.59 Å². The van der Waals surface area contributed by atoms with Gasteiger partial charge in [-0.15, -0.1) is 0 Å². The first kappa shape index (κ1) is 22.7. The largest absolute Gasteiger partial charge is 0.494 e. The number of hydrogen-bond donors (Lipinski definition) is 1. The zero-order valence-corrected chi connectivity index (χ0v) is 17.3. The van der Waals surface area contributed by atoms with E-state index in [1.54, 1.807) is 0 Å². The Bertz CT molecular complexity index is 712. The fourth-order valence-corrected chi connectivity index (χ4v) is 3.41. The number of carbonyl (C=O) groups is 2. The minimum absolute atomic E-state index is 0.705. The highest BCUT2D eigenvalue weighted by atomic mass is 16.5. The fourth-order valence-electron chi connectivity index (χ4n) is 3.41. The first-order valence-corrected chi connectivity index (χ1v) is 10.8. The highest BCUT2D eigenvalue weighted by molar-refractivity contribution is 5.87. The molecule has 0 atom stereocenters. The zero-order valence-electron chi connectivity index (χ0n) is 17.3. The molecule has 0 aliphatic carbocycles. The Morgan fingerprint density at radius 1 is 0.724 bits per heavy atom. The molecular formula is C25H33NO3. The maximum Gasteiger partial charge on any atom is 0.207 e. The van der Waals surface area contributed by atoms with Crippen LogP contribution in [-0.2, 0) is 4.79 Å². The molecule has 0 bridgehead atoms. The highest BCUT2D eigenvalue weighted by Crippen LogP contribution is 2.25. The summed E-state index contributed by atoms with van der Waals surface area (Å²) in [5, 5.41) is 2.70. The first-order valence-electron chi connectivity index (χ1n) is 10.8. The van der Waals surface area contributed by atoms with Crippen LogP contribution in [0.25, 0.3) is 11.1 Å². The summed E-state index contributed by atoms with van der Waals surface area (Å²) < 4.78 is 5.85. The van der Waals surface area contributed by atoms with Crippen molar-refractivity contribution < 1.29 is 14.3 Å². The van der Waals surface area contributed by atoms with E-state index in [2.05, 4.69) is 5.32 Å². The molecule has 2 rings (SSSR count). The van der Waals surface area contributed by atoms with E-state index in [9.17, 15) is 9.59 Å². The summed E-state index contributed by atoms with van der Waals surface area (Å²) in [5.74, 6) is 0.876. The van der Waals surface area contributed by atoms with Crippen LogP contribution in [0.3, 0.4) is 0 Å². The summed E-state index contributed by atoms with van der Waals surface area (Å²) in [6, 6.07) is 15.6. The van der Waals surface area contributed by atoms with Crippen LogP contribution < -0.4 is 10.1 Å². The van der Waals surface area contributed by atoms with E-state index in [0.29, 0.717) is 5.56 Å². The quantitative estimate of drug-likeness (QED) is 0.289. The highest BCUT2D eigenvalue weighted by Gasteiger charge is 2.04. The van der Waals surface area contributed by atoms with Gasteiger partial charge in [0.25, 0.3) is 0 Å². The third-order valence-electron chi connectivity index (χ3n) is 5.07. The summed E-state index contributed by atoms with van der Waals surface area (Å²) in [6.45, 7) is 1.55. The van der Waals surface area contributed by atoms with Gasteiger partial charge >= 0.3 is 0 Å². The van der Waals surface area contributed by atoms with Crippen molar-refractivity contribution in [3.8, 4) is 16.9 Å². The summed E-state index contributed by atoms with van der Waals surface area (Å²) in [6.07, 6.45) is 12.6. The molecule has 4 heteroatoms. The Kier molecular flexibility index (Phi) is 11.2. The van der Waals surface area contributed by atoms with Crippen LogP contribution in [0.1, 0.15) is 68.1 Å². The van der Waals surface area contributed by atoms with Crippen LogP contribution >= 0.6 is 0 Å². The van der Waals surface area contributed by atoms with Crippen LogP contribution in [0.15, 0.2) is 48.5 Å². The molecule has 0 saturated heterocycles. The first-order chi connectivity index (χ1) is 14.3. The van der Waals surface area contributed by atoms with Crippen molar-refractivity contribution >= 4 is 12.7 Å². The lowest BCUT2D eigenvalue weighted by Crippen LogP contribution is -2.11. The van der Waals surface area contributed by atoms with E-state index in [1.807, 2.05) is 48.5 Å². The van der Waals surface area contributed by atoms with Gasteiger partial charge in [0, 0.05) is 12.1 Å². The average molecular weight is 396 g/mol. The molecule has 0 aliphatic rings. The van der Waals surface area contributed by atoms with Crippen LogP contribution in [0, 0.1) is 0 Å². The number of benzene rings is 2. The molecule has 1 amide bonds. The van der Waals surface area contributed by atoms with Gasteiger partial charge in [0.15, 0.2) is 6.29 Å². The van der Waals surface area contributed by atoms with Crippen molar-refractivity contribution in [2.75, 3.05) is 13.2 Å². The Balaban J connectivity index is 1.53. The SMILES string of the molecule is O=CNCCCCCCCCCCCOc1ccc(-c2ccccc2C=O)cc1. The minimum Gasteiger partial charge on any atom is -0.494 e. The smallest absolute Gasteiger partial charge is 0.207 e. The van der Waals surface area contributed by atoms with Crippen LogP contribution in [0.4, 0.5) is 0 Å². The molecule has 0 unspecified atom stereocenters. The third-order valence-corrected chi connectivity index (χ3v) is 5.07. The summed E-state index contributed by atoms with van der Waals surface area (Å²) in [7, 11) is 0. The maximum absolute atomic E-state index is 11.2. The molecule has 156 valence electrons. The van der Waals surface area contributed by atoms with Crippen molar-refractivity contribution in [2.24, 2.45) is 0 Å². The third kappa shape index (κ3) is 8.95. The van der Waals surface area contributed by atoms with E-state index in [1.165, 1.54) is 44.9 Å². The van der Waals surface area contributed by atoms with Gasteiger partial charge in [-0.1, -0.05) is 81.3 Å². The number of carbonyl (C=O) groups excluding carboxylic acids is 2. The predicted octanol–water partition coefficient (Wildman–Crippen LogP) is 5.80. The lowest BCUT2D eigenvalue weighted by atomic mass is 10.0. The molecule has 29 heavy (non-hydrogen) atoms. The summed E-state index contributed by atoms with van der Waals surface area (Å²) >= 11 is 0. The number of unbranched alkanes of at least 4 members (excludes halogenated alkanes) is 8. The maximum atomic E-state index is 11.2. The molecule has 2 aromatic carbocycles. The number of nitrogens with one attached hydrogen (secondary N) is 1. The van der Waals surface area contributed by atoms with E-state index in [0.717, 1.165) is 55.6 Å². The normalized spacial score (nSPS) is 10.5. The van der Waals surface area contributed by atoms with Crippen LogP contribution in [0.2, 0.25) is 0 Å². The Hall–Kier alpha value is -2.62. The second-order valence-electron chi connectivity index (χ2n) is 7.33. The Labute approximate surface area is 174 Å². The van der Waals surface area contributed by atoms with Gasteiger partial charge in [-0.2, -0.15) is 0 Å². The molecule has 0 aromatic heterocycles. The van der Waals surface area contributed by atoms with Gasteiger partial charge in [-0.05, 0) is 36.1 Å². The van der Waals surface area contributed by atoms with Gasteiger partial charge in [0.1, 0.15) is 5.75 Å². The monoisotopic (exact) mass is 395 g/mol. The van der Waals surface area contributed by atoms with E-state index >= 15 is 0 Å². The molecule has 4 nitrogen and oxygen atoms in total. The van der Waals surface area contributed by atoms with Gasteiger partial charge < -0.3 is 10.1 Å². The molecule has 0 fully saturated rings. The van der Waals surface area contributed by atoms with Crippen LogP contribution in [0.5, 0.6) is 5.75 Å². The lowest BCUT2D eigenvalue weighted by molar-refractivity contribution is -0.109. The summed E-state index contributed by atoms with van der Waals surface area (Å²) in [4.78, 5) is 21.3. The van der Waals surface area contributed by atoms with Crippen molar-refractivity contribution in [1.29, 1.82) is 0 Å². The standard InChI is InChI=1S/C25H33NO3/c27-20-23-12-8-9-13-25(23)22-14-16-24(17-15-22)29-19-11-7-5-3-1-2-4-6-10-18-26-21-28/h8-9,12-17,20-21H,1-7,10-11,18-19H2,(H,26,28). The van der Waals surface area contributed by atoms with E-state index in [4.69, 9.17) is 4.74 Å². The van der Waals surface area contributed by atoms with Crippen LogP contribution in [-0.4, -0.2) is 25.8 Å². The van der Waals surface area contributed by atoms with Crippen molar-refractivity contribution in [3.63, 3.8) is 0 Å². The average Bonchev–Trinajstić information content (AvgIpc) is 2.77. The molecule has 0 saturated carbocycles. The van der Waals surface area contributed by atoms with Crippen molar-refractivity contribution in [2.45, 2.75) is 57.8 Å². The Morgan fingerprint density at radius 2 is 1.34 bits per heavy atom. The lowest BCUT2D eigenvalue weighted by Gasteiger charge is -2.09. The topological polar surface area (TPSA) is 55.4 Å². The second kappa shape index (κ2) is 14.4. The van der Waals surface area contributed by atoms with Gasteiger partial charge in [0.05, 0.1) is 6.61 Å². The molecule has 0 heterocycles. The number of hydrogen-bond acceptors (Lipinski definition) is 3. The van der Waals surface area contributed by atoms with Crippen molar-refractivity contribution in [3.05, 3.63) is 54.1 Å². The number of aldehydes is 1. The number of rotatable bonds is 16. The number of amides is 1. The fraction of sp³-hybridized carbons (Fsp3) is 0.440. The predicted molar refractivity (Wildman–Crippen MR) is 118 cm³/mol. The molecular weight excluding hydrogens is 362 g/mol. The molecule has 1 N–H and O–H groups in total. The number of ether oxygens (including phenoxy) is 1. The zero-order chi connectivity index (χ0) is 20.6. The summed E-state index contributed by atoms with van der Waals surface area (Å²) in [5.41, 5.74) is 2.68. The Morgan fingerprint density at radius 3 is 2.00 bits per heavy atom. The van der Waals surface area contributed by atoms with Crippen molar-refractivity contribution in [1.82, 2.24) is 5.32 Å². The molecule has 0 aliphatic heterocycles. The van der Waals surface area contributed by atoms with Gasteiger partial charge in [-0.25, -0.2) is 0 Å². The minimum atomic E-state index is 0.705. The second-order valence-corrected chi connectivity index (χ2v) is 7.33. The molecule has 0 radical (unpaired) electrons.